The Labute approximate surface area is 188 Å². The van der Waals surface area contributed by atoms with Crippen molar-refractivity contribution in [3.05, 3.63) is 59.6 Å². The number of rotatable bonds is 5. The van der Waals surface area contributed by atoms with Crippen molar-refractivity contribution in [1.29, 1.82) is 0 Å². The van der Waals surface area contributed by atoms with Crippen LogP contribution in [0.1, 0.15) is 46.2 Å². The fourth-order valence-corrected chi connectivity index (χ4v) is 3.49. The van der Waals surface area contributed by atoms with Crippen molar-refractivity contribution in [3.63, 3.8) is 0 Å². The predicted molar refractivity (Wildman–Crippen MR) is 123 cm³/mol. The van der Waals surface area contributed by atoms with Gasteiger partial charge in [0.2, 0.25) is 0 Å². The van der Waals surface area contributed by atoms with E-state index >= 15 is 0 Å². The van der Waals surface area contributed by atoms with Gasteiger partial charge < -0.3 is 14.2 Å². The van der Waals surface area contributed by atoms with Gasteiger partial charge in [-0.25, -0.2) is 14.6 Å². The number of halogens is 1. The lowest BCUT2D eigenvalue weighted by molar-refractivity contribution is 0.00578. The highest BCUT2D eigenvalue weighted by atomic mass is 35.5. The Morgan fingerprint density at radius 3 is 2.23 bits per heavy atom. The van der Waals surface area contributed by atoms with Crippen LogP contribution in [-0.2, 0) is 9.31 Å². The summed E-state index contributed by atoms with van der Waals surface area (Å²) < 4.78 is 13.9. The molecule has 1 aliphatic rings. The largest absolute Gasteiger partial charge is 0.496 e. The normalized spacial score (nSPS) is 18.2. The molecule has 1 atom stereocenters. The van der Waals surface area contributed by atoms with Crippen molar-refractivity contribution >= 4 is 30.0 Å². The average Bonchev–Trinajstić information content (AvgIpc) is 3.27. The van der Waals surface area contributed by atoms with Crippen LogP contribution in [0, 0.1) is 0 Å². The summed E-state index contributed by atoms with van der Waals surface area (Å²) in [6.45, 7) is 10.3. The van der Waals surface area contributed by atoms with Crippen LogP contribution < -0.4 is 10.4 Å². The van der Waals surface area contributed by atoms with Gasteiger partial charge in [0.1, 0.15) is 5.82 Å². The van der Waals surface area contributed by atoms with E-state index in [-0.39, 0.29) is 17.2 Å². The average molecular weight is 440 g/mol. The summed E-state index contributed by atoms with van der Waals surface area (Å²) in [5, 5.41) is 4.76. The van der Waals surface area contributed by atoms with E-state index < -0.39 is 7.12 Å². The number of pyridine rings is 2. The molecule has 0 aliphatic carbocycles. The Bertz CT molecular complexity index is 1040. The van der Waals surface area contributed by atoms with Crippen molar-refractivity contribution in [3.8, 4) is 5.82 Å². The number of hydrogen-bond acceptors (Lipinski definition) is 6. The second-order valence-corrected chi connectivity index (χ2v) is 9.31. The van der Waals surface area contributed by atoms with Gasteiger partial charge in [-0.15, -0.1) is 0 Å². The lowest BCUT2D eigenvalue weighted by atomic mass is 9.80. The Balaban J connectivity index is 1.46. The third-order valence-electron chi connectivity index (χ3n) is 6.28. The molecule has 7 nitrogen and oxygen atoms in total. The Hall–Kier alpha value is -2.42. The summed E-state index contributed by atoms with van der Waals surface area (Å²) in [7, 11) is 1.60. The minimum absolute atomic E-state index is 0.0814. The van der Waals surface area contributed by atoms with Crippen LogP contribution in [0.2, 0.25) is 5.02 Å². The van der Waals surface area contributed by atoms with Crippen molar-refractivity contribution in [2.45, 2.75) is 51.9 Å². The molecule has 3 aromatic rings. The van der Waals surface area contributed by atoms with Crippen molar-refractivity contribution in [2.24, 2.45) is 0 Å². The van der Waals surface area contributed by atoms with Gasteiger partial charge in [0, 0.05) is 24.9 Å². The molecular weight excluding hydrogens is 413 g/mol. The van der Waals surface area contributed by atoms with Gasteiger partial charge in [-0.1, -0.05) is 23.7 Å². The Kier molecular flexibility index (Phi) is 5.58. The molecule has 3 aromatic heterocycles. The molecule has 0 radical (unpaired) electrons. The molecule has 31 heavy (non-hydrogen) atoms. The molecule has 1 fully saturated rings. The number of aromatic nitrogens is 4. The quantitative estimate of drug-likeness (QED) is 0.563. The molecule has 1 saturated heterocycles. The van der Waals surface area contributed by atoms with Gasteiger partial charge in [0.15, 0.2) is 5.82 Å². The number of hydrogen-bond donors (Lipinski definition) is 0. The van der Waals surface area contributed by atoms with Crippen molar-refractivity contribution in [2.75, 3.05) is 11.9 Å². The van der Waals surface area contributed by atoms with Crippen molar-refractivity contribution < 1.29 is 9.31 Å². The Morgan fingerprint density at radius 2 is 1.71 bits per heavy atom. The maximum absolute atomic E-state index is 6.12. The molecule has 0 aromatic carbocycles. The summed E-state index contributed by atoms with van der Waals surface area (Å²) in [6, 6.07) is 8.05. The molecule has 0 amide bonds. The molecule has 1 aliphatic heterocycles. The van der Waals surface area contributed by atoms with Gasteiger partial charge in [0.25, 0.3) is 0 Å². The molecule has 4 rings (SSSR count). The predicted octanol–water partition coefficient (Wildman–Crippen LogP) is 3.81. The van der Waals surface area contributed by atoms with Crippen LogP contribution >= 0.6 is 11.6 Å². The van der Waals surface area contributed by atoms with E-state index in [2.05, 4.69) is 26.9 Å². The third kappa shape index (κ3) is 4.20. The second kappa shape index (κ2) is 7.93. The van der Waals surface area contributed by atoms with Gasteiger partial charge in [-0.05, 0) is 52.3 Å². The minimum Gasteiger partial charge on any atom is -0.399 e. The first kappa shape index (κ1) is 21.8. The SMILES string of the molecule is C[C@@H](c1ccc(-n2cc(Cl)cn2)nc1)N(C)c1ccc(B2OC(C)(C)C(C)(C)O2)cn1. The maximum Gasteiger partial charge on any atom is 0.496 e. The van der Waals surface area contributed by atoms with E-state index in [4.69, 9.17) is 20.9 Å². The van der Waals surface area contributed by atoms with Crippen LogP contribution in [0.3, 0.4) is 0 Å². The first-order valence-electron chi connectivity index (χ1n) is 10.3. The Morgan fingerprint density at radius 1 is 1.00 bits per heavy atom. The highest BCUT2D eigenvalue weighted by Crippen LogP contribution is 2.36. The summed E-state index contributed by atoms with van der Waals surface area (Å²) in [5.74, 6) is 1.58. The molecular formula is C22H27BClN5O2. The van der Waals surface area contributed by atoms with Gasteiger partial charge >= 0.3 is 7.12 Å². The summed E-state index contributed by atoms with van der Waals surface area (Å²) in [6.07, 6.45) is 6.99. The van der Waals surface area contributed by atoms with Gasteiger partial charge in [-0.3, -0.25) is 0 Å². The zero-order valence-corrected chi connectivity index (χ0v) is 19.5. The van der Waals surface area contributed by atoms with Crippen LogP contribution in [0.5, 0.6) is 0 Å². The summed E-state index contributed by atoms with van der Waals surface area (Å²) in [4.78, 5) is 11.3. The molecule has 0 N–H and O–H groups in total. The molecule has 0 bridgehead atoms. The standard InChI is InChI=1S/C22H27BClN5O2/c1-15(16-7-9-20(25-11-16)29-14-18(24)13-27-29)28(6)19-10-8-17(12-26-19)23-30-21(2,3)22(4,5)31-23/h7-15H,1-6H3/t15-/m0/s1. The fourth-order valence-electron chi connectivity index (χ4n) is 3.35. The van der Waals surface area contributed by atoms with Crippen LogP contribution in [0.15, 0.2) is 49.1 Å². The highest BCUT2D eigenvalue weighted by Gasteiger charge is 2.51. The third-order valence-corrected chi connectivity index (χ3v) is 6.47. The molecule has 9 heteroatoms. The van der Waals surface area contributed by atoms with E-state index in [0.29, 0.717) is 5.02 Å². The van der Waals surface area contributed by atoms with Crippen LogP contribution in [0.25, 0.3) is 5.82 Å². The summed E-state index contributed by atoms with van der Waals surface area (Å²) >= 11 is 5.94. The minimum atomic E-state index is -0.415. The highest BCUT2D eigenvalue weighted by molar-refractivity contribution is 6.62. The van der Waals surface area contributed by atoms with Crippen molar-refractivity contribution in [1.82, 2.24) is 19.7 Å². The lowest BCUT2D eigenvalue weighted by Gasteiger charge is -2.32. The lowest BCUT2D eigenvalue weighted by Crippen LogP contribution is -2.41. The zero-order chi connectivity index (χ0) is 22.4. The monoisotopic (exact) mass is 439 g/mol. The summed E-state index contributed by atoms with van der Waals surface area (Å²) in [5.41, 5.74) is 1.23. The maximum atomic E-state index is 6.12. The molecule has 4 heterocycles. The smallest absolute Gasteiger partial charge is 0.399 e. The van der Waals surface area contributed by atoms with Crippen LogP contribution in [0.4, 0.5) is 5.82 Å². The second-order valence-electron chi connectivity index (χ2n) is 8.88. The number of nitrogens with zero attached hydrogens (tertiary/aromatic N) is 5. The van der Waals surface area contributed by atoms with Gasteiger partial charge in [-0.2, -0.15) is 5.10 Å². The molecule has 0 spiro atoms. The van der Waals surface area contributed by atoms with E-state index in [1.165, 1.54) is 0 Å². The van der Waals surface area contributed by atoms with Gasteiger partial charge in [0.05, 0.1) is 34.7 Å². The zero-order valence-electron chi connectivity index (χ0n) is 18.7. The first-order chi connectivity index (χ1) is 14.6. The number of anilines is 1. The van der Waals surface area contributed by atoms with E-state index in [9.17, 15) is 0 Å². The van der Waals surface area contributed by atoms with E-state index in [1.54, 1.807) is 17.1 Å². The van der Waals surface area contributed by atoms with E-state index in [1.807, 2.05) is 71.4 Å². The van der Waals surface area contributed by atoms with Crippen LogP contribution in [-0.4, -0.2) is 45.1 Å². The molecule has 0 unspecified atom stereocenters. The molecule has 162 valence electrons. The topological polar surface area (TPSA) is 65.3 Å². The first-order valence-corrected chi connectivity index (χ1v) is 10.7. The van der Waals surface area contributed by atoms with E-state index in [0.717, 1.165) is 22.7 Å². The fraction of sp³-hybridized carbons (Fsp3) is 0.409. The molecule has 0 saturated carbocycles.